The van der Waals surface area contributed by atoms with Crippen molar-refractivity contribution in [3.05, 3.63) is 80.0 Å². The van der Waals surface area contributed by atoms with Crippen molar-refractivity contribution >= 4 is 28.4 Å². The Bertz CT molecular complexity index is 1180. The third-order valence-corrected chi connectivity index (χ3v) is 5.92. The lowest BCUT2D eigenvalue weighted by molar-refractivity contribution is -0.122. The van der Waals surface area contributed by atoms with Crippen molar-refractivity contribution in [3.8, 4) is 0 Å². The molecule has 0 atom stereocenters. The molecule has 0 saturated heterocycles. The zero-order valence-electron chi connectivity index (χ0n) is 16.6. The lowest BCUT2D eigenvalue weighted by atomic mass is 10.2. The molecule has 1 fully saturated rings. The van der Waals surface area contributed by atoms with Gasteiger partial charge in [-0.05, 0) is 42.7 Å². The molecule has 1 saturated carbocycles. The van der Waals surface area contributed by atoms with Crippen molar-refractivity contribution in [3.63, 3.8) is 0 Å². The van der Waals surface area contributed by atoms with Crippen LogP contribution in [0.4, 0.5) is 0 Å². The van der Waals surface area contributed by atoms with E-state index in [9.17, 15) is 14.4 Å². The summed E-state index contributed by atoms with van der Waals surface area (Å²) in [4.78, 5) is 38.5. The molecule has 7 heteroatoms. The standard InChI is InChI=1S/C23H24ClN3O3/c24-17-11-9-16(10-12-17)15-27-20-8-4-3-7-19(20)22(29)26(23(27)30)14-13-21(28)25-18-5-1-2-6-18/h3-4,7-12,18H,1-2,5-6,13-15H2,(H,25,28). The van der Waals surface area contributed by atoms with E-state index in [1.807, 2.05) is 12.1 Å². The van der Waals surface area contributed by atoms with Crippen LogP contribution in [0.15, 0.2) is 58.1 Å². The summed E-state index contributed by atoms with van der Waals surface area (Å²) in [6, 6.07) is 14.5. The Hall–Kier alpha value is -2.86. The fourth-order valence-corrected chi connectivity index (χ4v) is 4.20. The van der Waals surface area contributed by atoms with E-state index < -0.39 is 5.69 Å². The van der Waals surface area contributed by atoms with Crippen molar-refractivity contribution in [1.82, 2.24) is 14.5 Å². The molecule has 1 N–H and O–H groups in total. The number of halogens is 1. The van der Waals surface area contributed by atoms with E-state index in [0.717, 1.165) is 31.2 Å². The maximum atomic E-state index is 13.2. The number of hydrogen-bond donors (Lipinski definition) is 1. The van der Waals surface area contributed by atoms with E-state index in [4.69, 9.17) is 11.6 Å². The predicted octanol–water partition coefficient (Wildman–Crippen LogP) is 3.31. The maximum Gasteiger partial charge on any atom is 0.331 e. The molecule has 1 aliphatic rings. The molecule has 4 rings (SSSR count). The zero-order valence-corrected chi connectivity index (χ0v) is 17.4. The molecule has 1 amide bonds. The second-order valence-corrected chi connectivity index (χ2v) is 8.20. The van der Waals surface area contributed by atoms with Crippen LogP contribution in [0.2, 0.25) is 5.02 Å². The lowest BCUT2D eigenvalue weighted by Gasteiger charge is -2.15. The van der Waals surface area contributed by atoms with E-state index in [-0.39, 0.29) is 30.5 Å². The lowest BCUT2D eigenvalue weighted by Crippen LogP contribution is -2.42. The van der Waals surface area contributed by atoms with Gasteiger partial charge in [-0.25, -0.2) is 4.79 Å². The summed E-state index contributed by atoms with van der Waals surface area (Å²) in [5, 5.41) is 4.09. The number of aromatic nitrogens is 2. The van der Waals surface area contributed by atoms with Gasteiger partial charge >= 0.3 is 5.69 Å². The average molecular weight is 426 g/mol. The van der Waals surface area contributed by atoms with Crippen LogP contribution in [0.5, 0.6) is 0 Å². The fraction of sp³-hybridized carbons (Fsp3) is 0.348. The molecule has 1 aliphatic carbocycles. The molecule has 1 aromatic heterocycles. The normalized spacial score (nSPS) is 14.3. The summed E-state index contributed by atoms with van der Waals surface area (Å²) >= 11 is 5.97. The summed E-state index contributed by atoms with van der Waals surface area (Å²) in [6.07, 6.45) is 4.35. The second kappa shape index (κ2) is 8.88. The van der Waals surface area contributed by atoms with E-state index in [1.54, 1.807) is 41.0 Å². The molecule has 0 spiro atoms. The molecule has 0 aliphatic heterocycles. The van der Waals surface area contributed by atoms with Gasteiger partial charge in [-0.2, -0.15) is 0 Å². The van der Waals surface area contributed by atoms with Gasteiger partial charge in [0.15, 0.2) is 0 Å². The Morgan fingerprint density at radius 1 is 1.00 bits per heavy atom. The number of benzene rings is 2. The quantitative estimate of drug-likeness (QED) is 0.658. The smallest absolute Gasteiger partial charge is 0.331 e. The molecular weight excluding hydrogens is 402 g/mol. The summed E-state index contributed by atoms with van der Waals surface area (Å²) in [5.74, 6) is -0.120. The highest BCUT2D eigenvalue weighted by molar-refractivity contribution is 6.30. The third kappa shape index (κ3) is 4.33. The van der Waals surface area contributed by atoms with Gasteiger partial charge in [0, 0.05) is 24.0 Å². The van der Waals surface area contributed by atoms with E-state index in [0.29, 0.717) is 22.5 Å². The Morgan fingerprint density at radius 2 is 1.70 bits per heavy atom. The molecule has 0 radical (unpaired) electrons. The van der Waals surface area contributed by atoms with Crippen LogP contribution in [-0.4, -0.2) is 21.1 Å². The summed E-state index contributed by atoms with van der Waals surface area (Å²) in [7, 11) is 0. The van der Waals surface area contributed by atoms with Gasteiger partial charge in [0.2, 0.25) is 5.91 Å². The molecular formula is C23H24ClN3O3. The number of carbonyl (C=O) groups excluding carboxylic acids is 1. The van der Waals surface area contributed by atoms with Gasteiger partial charge in [-0.3, -0.25) is 18.7 Å². The van der Waals surface area contributed by atoms with Crippen LogP contribution in [0.1, 0.15) is 37.7 Å². The first-order valence-corrected chi connectivity index (χ1v) is 10.7. The Labute approximate surface area is 179 Å². The average Bonchev–Trinajstić information content (AvgIpc) is 3.25. The monoisotopic (exact) mass is 425 g/mol. The molecule has 6 nitrogen and oxygen atoms in total. The SMILES string of the molecule is O=C(CCn1c(=O)c2ccccc2n(Cc2ccc(Cl)cc2)c1=O)NC1CCCC1. The van der Waals surface area contributed by atoms with Gasteiger partial charge in [0.05, 0.1) is 17.4 Å². The Morgan fingerprint density at radius 3 is 2.43 bits per heavy atom. The minimum atomic E-state index is -0.415. The second-order valence-electron chi connectivity index (χ2n) is 7.77. The molecule has 1 heterocycles. The van der Waals surface area contributed by atoms with Crippen LogP contribution < -0.4 is 16.6 Å². The summed E-state index contributed by atoms with van der Waals surface area (Å²) < 4.78 is 2.75. The number of carbonyl (C=O) groups is 1. The molecule has 0 bridgehead atoms. The van der Waals surface area contributed by atoms with Crippen LogP contribution in [0.25, 0.3) is 10.9 Å². The van der Waals surface area contributed by atoms with Gasteiger partial charge in [0.1, 0.15) is 0 Å². The Balaban J connectivity index is 1.65. The fourth-order valence-electron chi connectivity index (χ4n) is 4.08. The van der Waals surface area contributed by atoms with Crippen molar-refractivity contribution in [2.24, 2.45) is 0 Å². The molecule has 2 aromatic carbocycles. The topological polar surface area (TPSA) is 73.1 Å². The van der Waals surface area contributed by atoms with E-state index >= 15 is 0 Å². The van der Waals surface area contributed by atoms with Gasteiger partial charge in [-0.15, -0.1) is 0 Å². The van der Waals surface area contributed by atoms with Gasteiger partial charge in [-0.1, -0.05) is 48.7 Å². The van der Waals surface area contributed by atoms with Crippen LogP contribution in [0.3, 0.4) is 0 Å². The molecule has 156 valence electrons. The van der Waals surface area contributed by atoms with Crippen molar-refractivity contribution in [2.75, 3.05) is 0 Å². The largest absolute Gasteiger partial charge is 0.353 e. The highest BCUT2D eigenvalue weighted by atomic mass is 35.5. The molecule has 3 aromatic rings. The molecule has 0 unspecified atom stereocenters. The Kier molecular flexibility index (Phi) is 6.04. The number of nitrogens with one attached hydrogen (secondary N) is 1. The van der Waals surface area contributed by atoms with Gasteiger partial charge < -0.3 is 5.32 Å². The number of hydrogen-bond acceptors (Lipinski definition) is 3. The number of rotatable bonds is 6. The minimum Gasteiger partial charge on any atom is -0.353 e. The first kappa shape index (κ1) is 20.4. The minimum absolute atomic E-state index is 0.0572. The van der Waals surface area contributed by atoms with Crippen molar-refractivity contribution in [2.45, 2.75) is 51.2 Å². The molecule has 30 heavy (non-hydrogen) atoms. The van der Waals surface area contributed by atoms with Crippen LogP contribution in [0, 0.1) is 0 Å². The highest BCUT2D eigenvalue weighted by Gasteiger charge is 2.18. The van der Waals surface area contributed by atoms with E-state index in [2.05, 4.69) is 5.32 Å². The zero-order chi connectivity index (χ0) is 21.1. The van der Waals surface area contributed by atoms with Crippen molar-refractivity contribution < 1.29 is 4.79 Å². The predicted molar refractivity (Wildman–Crippen MR) is 118 cm³/mol. The van der Waals surface area contributed by atoms with Crippen molar-refractivity contribution in [1.29, 1.82) is 0 Å². The summed E-state index contributed by atoms with van der Waals surface area (Å²) in [6.45, 7) is 0.368. The number of fused-ring (bicyclic) bond motifs is 1. The highest BCUT2D eigenvalue weighted by Crippen LogP contribution is 2.17. The van der Waals surface area contributed by atoms with E-state index in [1.165, 1.54) is 4.57 Å². The first-order valence-electron chi connectivity index (χ1n) is 10.3. The first-order chi connectivity index (χ1) is 14.5. The number of amides is 1. The van der Waals surface area contributed by atoms with Crippen LogP contribution >= 0.6 is 11.6 Å². The van der Waals surface area contributed by atoms with Gasteiger partial charge in [0.25, 0.3) is 5.56 Å². The third-order valence-electron chi connectivity index (χ3n) is 5.67. The number of nitrogens with zero attached hydrogens (tertiary/aromatic N) is 2. The summed E-state index contributed by atoms with van der Waals surface area (Å²) in [5.41, 5.74) is 0.698. The van der Waals surface area contributed by atoms with Crippen LogP contribution in [-0.2, 0) is 17.9 Å². The number of para-hydroxylation sites is 1. The maximum absolute atomic E-state index is 13.2.